The van der Waals surface area contributed by atoms with E-state index in [0.29, 0.717) is 10.8 Å². The Morgan fingerprint density at radius 1 is 1.24 bits per heavy atom. The number of nitrogens with zero attached hydrogens (tertiary/aromatic N) is 6. The Hall–Kier alpha value is -2.68. The second-order valence-corrected chi connectivity index (χ2v) is 6.96. The maximum Gasteiger partial charge on any atom is 0.297 e. The maximum atomic E-state index is 13.0. The lowest BCUT2D eigenvalue weighted by atomic mass is 10.3. The summed E-state index contributed by atoms with van der Waals surface area (Å²) in [5.74, 6) is 0.0195. The molecule has 0 aliphatic carbocycles. The zero-order valence-corrected chi connectivity index (χ0v) is 15.2. The maximum absolute atomic E-state index is 13.0. The summed E-state index contributed by atoms with van der Waals surface area (Å²) in [6, 6.07) is 9.35. The van der Waals surface area contributed by atoms with Gasteiger partial charge in [-0.2, -0.15) is 4.68 Å². The molecule has 25 heavy (non-hydrogen) atoms. The number of carbonyl (C=O) groups is 1. The summed E-state index contributed by atoms with van der Waals surface area (Å²) in [6.45, 7) is 5.13. The van der Waals surface area contributed by atoms with E-state index < -0.39 is 0 Å². The molecule has 0 saturated heterocycles. The van der Waals surface area contributed by atoms with Crippen molar-refractivity contribution < 1.29 is 4.79 Å². The molecule has 2 aromatic heterocycles. The number of hydrogen-bond donors (Lipinski definition) is 0. The third kappa shape index (κ3) is 3.02. The molecule has 0 amide bonds. The molecule has 2 heterocycles. The van der Waals surface area contributed by atoms with E-state index in [2.05, 4.69) is 15.5 Å². The van der Waals surface area contributed by atoms with Gasteiger partial charge in [-0.25, -0.2) is 4.68 Å². The highest BCUT2D eigenvalue weighted by atomic mass is 32.2. The molecule has 8 nitrogen and oxygen atoms in total. The van der Waals surface area contributed by atoms with Crippen molar-refractivity contribution in [1.82, 2.24) is 29.6 Å². The van der Waals surface area contributed by atoms with Crippen LogP contribution in [0.25, 0.3) is 11.4 Å². The molecule has 0 N–H and O–H groups in total. The van der Waals surface area contributed by atoms with Crippen LogP contribution in [0.5, 0.6) is 0 Å². The van der Waals surface area contributed by atoms with Crippen LogP contribution in [0.15, 0.2) is 40.3 Å². The van der Waals surface area contributed by atoms with E-state index in [1.165, 1.54) is 23.4 Å². The number of rotatable bonds is 5. The SMILES string of the molecule is CC(=O)[C@@H](C)Sc1nnnn1-c1c(C)n(C)n(-c2ccccc2)c1=O. The second kappa shape index (κ2) is 6.67. The highest BCUT2D eigenvalue weighted by Crippen LogP contribution is 2.23. The minimum absolute atomic E-state index is 0.0195. The molecule has 0 saturated carbocycles. The third-order valence-electron chi connectivity index (χ3n) is 4.03. The quantitative estimate of drug-likeness (QED) is 0.643. The Morgan fingerprint density at radius 2 is 1.92 bits per heavy atom. The molecule has 130 valence electrons. The fourth-order valence-corrected chi connectivity index (χ4v) is 3.23. The molecule has 0 aliphatic rings. The van der Waals surface area contributed by atoms with Gasteiger partial charge in [-0.05, 0) is 43.3 Å². The van der Waals surface area contributed by atoms with E-state index in [1.807, 2.05) is 44.3 Å². The van der Waals surface area contributed by atoms with Crippen molar-refractivity contribution in [2.75, 3.05) is 0 Å². The molecule has 3 rings (SSSR count). The number of para-hydroxylation sites is 1. The average Bonchev–Trinajstić information content (AvgIpc) is 3.11. The molecule has 0 unspecified atom stereocenters. The van der Waals surface area contributed by atoms with Gasteiger partial charge in [0, 0.05) is 7.05 Å². The van der Waals surface area contributed by atoms with Gasteiger partial charge in [-0.3, -0.25) is 14.3 Å². The van der Waals surface area contributed by atoms with Gasteiger partial charge in [-0.15, -0.1) is 5.10 Å². The van der Waals surface area contributed by atoms with Gasteiger partial charge in [0.15, 0.2) is 5.69 Å². The van der Waals surface area contributed by atoms with Crippen LogP contribution in [0.2, 0.25) is 0 Å². The number of Topliss-reactive ketones (excluding diaryl/α,β-unsaturated/α-hetero) is 1. The van der Waals surface area contributed by atoms with E-state index in [1.54, 1.807) is 16.3 Å². The Morgan fingerprint density at radius 3 is 2.56 bits per heavy atom. The minimum atomic E-state index is -0.301. The van der Waals surface area contributed by atoms with E-state index in [0.717, 1.165) is 11.4 Å². The van der Waals surface area contributed by atoms with Crippen LogP contribution in [0.4, 0.5) is 0 Å². The monoisotopic (exact) mass is 358 g/mol. The smallest absolute Gasteiger partial charge is 0.297 e. The zero-order valence-electron chi connectivity index (χ0n) is 14.4. The molecule has 0 fully saturated rings. The highest BCUT2D eigenvalue weighted by molar-refractivity contribution is 8.00. The Bertz CT molecular complexity index is 972. The molecule has 0 bridgehead atoms. The third-order valence-corrected chi connectivity index (χ3v) is 5.18. The van der Waals surface area contributed by atoms with E-state index in [4.69, 9.17) is 0 Å². The van der Waals surface area contributed by atoms with E-state index in [9.17, 15) is 9.59 Å². The Balaban J connectivity index is 2.13. The van der Waals surface area contributed by atoms with Crippen molar-refractivity contribution in [3.05, 3.63) is 46.4 Å². The lowest BCUT2D eigenvalue weighted by Gasteiger charge is -2.07. The predicted octanol–water partition coefficient (Wildman–Crippen LogP) is 1.53. The number of thioether (sulfide) groups is 1. The number of tetrazole rings is 1. The van der Waals surface area contributed by atoms with Crippen LogP contribution in [0, 0.1) is 6.92 Å². The van der Waals surface area contributed by atoms with Gasteiger partial charge in [0.1, 0.15) is 5.78 Å². The number of benzene rings is 1. The summed E-state index contributed by atoms with van der Waals surface area (Å²) in [6.07, 6.45) is 0. The summed E-state index contributed by atoms with van der Waals surface area (Å²) in [7, 11) is 1.81. The fourth-order valence-electron chi connectivity index (χ4n) is 2.43. The summed E-state index contributed by atoms with van der Waals surface area (Å²) in [5.41, 5.74) is 1.62. The number of hydrogen-bond acceptors (Lipinski definition) is 6. The molecule has 3 aromatic rings. The average molecular weight is 358 g/mol. The summed E-state index contributed by atoms with van der Waals surface area (Å²) >= 11 is 1.23. The molecular weight excluding hydrogens is 340 g/mol. The molecule has 1 atom stereocenters. The topological polar surface area (TPSA) is 87.6 Å². The lowest BCUT2D eigenvalue weighted by molar-refractivity contribution is -0.116. The second-order valence-electron chi connectivity index (χ2n) is 5.65. The molecule has 0 radical (unpaired) electrons. The molecule has 9 heteroatoms. The first-order valence-electron chi connectivity index (χ1n) is 7.71. The normalized spacial score (nSPS) is 12.3. The van der Waals surface area contributed by atoms with Gasteiger partial charge < -0.3 is 0 Å². The first-order chi connectivity index (χ1) is 11.9. The predicted molar refractivity (Wildman–Crippen MR) is 94.5 cm³/mol. The minimum Gasteiger partial charge on any atom is -0.299 e. The van der Waals surface area contributed by atoms with Gasteiger partial charge in [0.25, 0.3) is 5.56 Å². The van der Waals surface area contributed by atoms with Crippen LogP contribution < -0.4 is 5.56 Å². The number of carbonyl (C=O) groups excluding carboxylic acids is 1. The molecular formula is C16H18N6O2S. The molecule has 0 spiro atoms. The van der Waals surface area contributed by atoms with Crippen molar-refractivity contribution in [3.63, 3.8) is 0 Å². The Kier molecular flexibility index (Phi) is 4.58. The van der Waals surface area contributed by atoms with Crippen LogP contribution >= 0.6 is 11.8 Å². The van der Waals surface area contributed by atoms with Crippen LogP contribution in [-0.4, -0.2) is 40.6 Å². The van der Waals surface area contributed by atoms with Crippen molar-refractivity contribution in [3.8, 4) is 11.4 Å². The first-order valence-corrected chi connectivity index (χ1v) is 8.59. The van der Waals surface area contributed by atoms with E-state index >= 15 is 0 Å². The zero-order chi connectivity index (χ0) is 18.1. The number of aromatic nitrogens is 6. The standard InChI is InChI=1S/C16H18N6O2S/c1-10-14(21-16(17-18-19-21)25-12(3)11(2)23)15(24)22(20(10)4)13-8-6-5-7-9-13/h5-9,12H,1-4H3/t12-/m1/s1. The summed E-state index contributed by atoms with van der Waals surface area (Å²) in [4.78, 5) is 24.6. The highest BCUT2D eigenvalue weighted by Gasteiger charge is 2.23. The summed E-state index contributed by atoms with van der Waals surface area (Å²) < 4.78 is 4.73. The Labute approximate surface area is 148 Å². The van der Waals surface area contributed by atoms with E-state index in [-0.39, 0.29) is 16.6 Å². The van der Waals surface area contributed by atoms with Crippen molar-refractivity contribution in [2.24, 2.45) is 7.05 Å². The van der Waals surface area contributed by atoms with Gasteiger partial charge in [0.05, 0.1) is 16.6 Å². The number of ketones is 1. The van der Waals surface area contributed by atoms with Crippen LogP contribution in [-0.2, 0) is 11.8 Å². The largest absolute Gasteiger partial charge is 0.299 e. The molecule has 0 aliphatic heterocycles. The fraction of sp³-hybridized carbons (Fsp3) is 0.312. The van der Waals surface area contributed by atoms with Crippen LogP contribution in [0.3, 0.4) is 0 Å². The van der Waals surface area contributed by atoms with Crippen LogP contribution in [0.1, 0.15) is 19.5 Å². The van der Waals surface area contributed by atoms with Gasteiger partial charge in [0.2, 0.25) is 5.16 Å². The van der Waals surface area contributed by atoms with Crippen molar-refractivity contribution in [1.29, 1.82) is 0 Å². The summed E-state index contributed by atoms with van der Waals surface area (Å²) in [5, 5.41) is 11.7. The van der Waals surface area contributed by atoms with Gasteiger partial charge in [-0.1, -0.05) is 30.0 Å². The van der Waals surface area contributed by atoms with Crippen molar-refractivity contribution in [2.45, 2.75) is 31.2 Å². The van der Waals surface area contributed by atoms with Gasteiger partial charge >= 0.3 is 0 Å². The lowest BCUT2D eigenvalue weighted by Crippen LogP contribution is -2.22. The van der Waals surface area contributed by atoms with Crippen molar-refractivity contribution >= 4 is 17.5 Å². The first kappa shape index (κ1) is 17.2. The molecule has 1 aromatic carbocycles.